The normalized spacial score (nSPS) is 15.6. The Morgan fingerprint density at radius 2 is 1.83 bits per heavy atom. The second kappa shape index (κ2) is 7.62. The Bertz CT molecular complexity index is 1270. The van der Waals surface area contributed by atoms with Crippen molar-refractivity contribution in [3.05, 3.63) is 70.9 Å². The summed E-state index contributed by atoms with van der Waals surface area (Å²) >= 11 is 5.30. The topological polar surface area (TPSA) is 54.3 Å². The molecule has 0 radical (unpaired) electrons. The Morgan fingerprint density at radius 3 is 2.53 bits per heavy atom. The molecule has 1 saturated heterocycles. The summed E-state index contributed by atoms with van der Waals surface area (Å²) in [5.41, 5.74) is 4.33. The Labute approximate surface area is 180 Å². The Kier molecular flexibility index (Phi) is 4.98. The molecule has 148 valence electrons. The number of terminal acetylenes is 1. The largest absolute Gasteiger partial charge is 0.335 e. The minimum Gasteiger partial charge on any atom is -0.335 e. The predicted molar refractivity (Wildman–Crippen MR) is 123 cm³/mol. The van der Waals surface area contributed by atoms with E-state index in [1.54, 1.807) is 6.08 Å². The van der Waals surface area contributed by atoms with Crippen LogP contribution >= 0.6 is 12.2 Å². The molecule has 4 rings (SSSR count). The second-order valence-corrected chi connectivity index (χ2v) is 7.62. The third kappa shape index (κ3) is 3.40. The molecule has 0 spiro atoms. The summed E-state index contributed by atoms with van der Waals surface area (Å²) in [7, 11) is 0. The lowest BCUT2D eigenvalue weighted by molar-refractivity contribution is -0.122. The standard InChI is InChI=1S/C24H19N3O2S/c1-4-9-26-14-17(19-7-5-6-8-21(19)26)13-20-22(28)25-24(30)27(23(20)29)18-11-15(2)10-16(3)12-18/h1,5-8,10-14H,9H2,2-3H3,(H,25,28,30)/b20-13+. The van der Waals surface area contributed by atoms with Gasteiger partial charge in [-0.2, -0.15) is 0 Å². The van der Waals surface area contributed by atoms with Crippen molar-refractivity contribution < 1.29 is 9.59 Å². The van der Waals surface area contributed by atoms with Crippen molar-refractivity contribution in [1.82, 2.24) is 9.88 Å². The number of aromatic nitrogens is 1. The molecular weight excluding hydrogens is 394 g/mol. The lowest BCUT2D eigenvalue weighted by atomic mass is 10.1. The van der Waals surface area contributed by atoms with E-state index in [0.29, 0.717) is 12.2 Å². The monoisotopic (exact) mass is 413 g/mol. The summed E-state index contributed by atoms with van der Waals surface area (Å²) in [5.74, 6) is 1.66. The average molecular weight is 414 g/mol. The first-order chi connectivity index (χ1) is 14.4. The highest BCUT2D eigenvalue weighted by atomic mass is 32.1. The zero-order valence-electron chi connectivity index (χ0n) is 16.6. The van der Waals surface area contributed by atoms with Crippen molar-refractivity contribution in [3.8, 4) is 12.3 Å². The van der Waals surface area contributed by atoms with Gasteiger partial charge in [-0.25, -0.2) is 0 Å². The number of hydrogen-bond acceptors (Lipinski definition) is 3. The first-order valence-corrected chi connectivity index (χ1v) is 9.81. The van der Waals surface area contributed by atoms with E-state index < -0.39 is 11.8 Å². The Morgan fingerprint density at radius 1 is 1.13 bits per heavy atom. The van der Waals surface area contributed by atoms with Crippen LogP contribution in [0.25, 0.3) is 17.0 Å². The maximum atomic E-state index is 13.3. The number of rotatable bonds is 3. The van der Waals surface area contributed by atoms with Crippen LogP contribution in [0.4, 0.5) is 5.69 Å². The van der Waals surface area contributed by atoms with Crippen molar-refractivity contribution in [2.45, 2.75) is 20.4 Å². The molecule has 1 fully saturated rings. The maximum Gasteiger partial charge on any atom is 0.270 e. The van der Waals surface area contributed by atoms with Gasteiger partial charge < -0.3 is 4.57 Å². The van der Waals surface area contributed by atoms with Crippen molar-refractivity contribution in [2.75, 3.05) is 4.90 Å². The Balaban J connectivity index is 1.82. The van der Waals surface area contributed by atoms with E-state index >= 15 is 0 Å². The molecule has 3 aromatic rings. The van der Waals surface area contributed by atoms with Gasteiger partial charge in [-0.1, -0.05) is 30.2 Å². The number of hydrogen-bond donors (Lipinski definition) is 1. The zero-order valence-corrected chi connectivity index (χ0v) is 17.4. The lowest BCUT2D eigenvalue weighted by Crippen LogP contribution is -2.54. The van der Waals surface area contributed by atoms with Gasteiger partial charge in [0.2, 0.25) is 0 Å². The number of anilines is 1. The molecule has 1 aromatic heterocycles. The summed E-state index contributed by atoms with van der Waals surface area (Å²) in [6, 6.07) is 13.5. The second-order valence-electron chi connectivity index (χ2n) is 7.24. The minimum absolute atomic E-state index is 0.0198. The van der Waals surface area contributed by atoms with Gasteiger partial charge in [-0.05, 0) is 61.5 Å². The molecule has 1 aliphatic heterocycles. The minimum atomic E-state index is -0.514. The molecule has 5 nitrogen and oxygen atoms in total. The molecule has 0 aliphatic carbocycles. The van der Waals surface area contributed by atoms with Gasteiger partial charge in [0.15, 0.2) is 5.11 Å². The molecule has 0 atom stereocenters. The van der Waals surface area contributed by atoms with E-state index in [1.165, 1.54) is 4.90 Å². The van der Waals surface area contributed by atoms with Crippen molar-refractivity contribution >= 4 is 51.8 Å². The fourth-order valence-corrected chi connectivity index (χ4v) is 4.03. The molecule has 1 aliphatic rings. The van der Waals surface area contributed by atoms with Crippen molar-refractivity contribution in [2.24, 2.45) is 0 Å². The molecule has 0 bridgehead atoms. The summed E-state index contributed by atoms with van der Waals surface area (Å²) in [6.45, 7) is 4.29. The van der Waals surface area contributed by atoms with E-state index in [1.807, 2.05) is 67.1 Å². The number of nitrogens with zero attached hydrogens (tertiary/aromatic N) is 2. The van der Waals surface area contributed by atoms with E-state index in [9.17, 15) is 9.59 Å². The molecule has 0 saturated carbocycles. The lowest BCUT2D eigenvalue weighted by Gasteiger charge is -2.29. The highest BCUT2D eigenvalue weighted by molar-refractivity contribution is 7.80. The van der Waals surface area contributed by atoms with Crippen LogP contribution in [0.2, 0.25) is 0 Å². The number of benzene rings is 2. The van der Waals surface area contributed by atoms with Gasteiger partial charge >= 0.3 is 0 Å². The van der Waals surface area contributed by atoms with Gasteiger partial charge in [0.05, 0.1) is 12.2 Å². The van der Waals surface area contributed by atoms with Gasteiger partial charge in [-0.3, -0.25) is 19.8 Å². The smallest absolute Gasteiger partial charge is 0.270 e. The highest BCUT2D eigenvalue weighted by Gasteiger charge is 2.34. The number of para-hydroxylation sites is 1. The van der Waals surface area contributed by atoms with Crippen molar-refractivity contribution in [1.29, 1.82) is 0 Å². The predicted octanol–water partition coefficient (Wildman–Crippen LogP) is 3.72. The molecule has 2 amide bonds. The number of carbonyl (C=O) groups is 2. The van der Waals surface area contributed by atoms with Gasteiger partial charge in [0, 0.05) is 22.7 Å². The fraction of sp³-hybridized carbons (Fsp3) is 0.125. The van der Waals surface area contributed by atoms with Crippen LogP contribution in [0.1, 0.15) is 16.7 Å². The quantitative estimate of drug-likeness (QED) is 0.308. The number of nitrogens with one attached hydrogen (secondary N) is 1. The number of amides is 2. The van der Waals surface area contributed by atoms with Crippen molar-refractivity contribution in [3.63, 3.8) is 0 Å². The fourth-order valence-electron chi connectivity index (χ4n) is 3.75. The van der Waals surface area contributed by atoms with E-state index in [0.717, 1.165) is 27.6 Å². The van der Waals surface area contributed by atoms with Crippen LogP contribution in [0.15, 0.2) is 54.2 Å². The number of aryl methyl sites for hydroxylation is 2. The molecule has 1 N–H and O–H groups in total. The molecule has 2 aromatic carbocycles. The highest BCUT2D eigenvalue weighted by Crippen LogP contribution is 2.27. The third-order valence-electron chi connectivity index (χ3n) is 4.95. The number of carbonyl (C=O) groups excluding carboxylic acids is 2. The molecule has 2 heterocycles. The van der Waals surface area contributed by atoms with Gasteiger partial charge in [0.25, 0.3) is 11.8 Å². The summed E-state index contributed by atoms with van der Waals surface area (Å²) < 4.78 is 1.92. The SMILES string of the molecule is C#CCn1cc(/C=C2\C(=O)NC(=S)N(c3cc(C)cc(C)c3)C2=O)c2ccccc21. The van der Waals surface area contributed by atoms with Crippen LogP contribution in [-0.4, -0.2) is 21.5 Å². The van der Waals surface area contributed by atoms with Crippen LogP contribution in [0.3, 0.4) is 0 Å². The maximum absolute atomic E-state index is 13.3. The van der Waals surface area contributed by atoms with E-state index in [-0.39, 0.29) is 10.7 Å². The van der Waals surface area contributed by atoms with Gasteiger partial charge in [0.1, 0.15) is 5.57 Å². The van der Waals surface area contributed by atoms with Crippen LogP contribution < -0.4 is 10.2 Å². The average Bonchev–Trinajstić information content (AvgIpc) is 3.02. The van der Waals surface area contributed by atoms with Crippen LogP contribution in [0, 0.1) is 26.2 Å². The summed E-state index contributed by atoms with van der Waals surface area (Å²) in [4.78, 5) is 27.3. The molecule has 30 heavy (non-hydrogen) atoms. The molecular formula is C24H19N3O2S. The first kappa shape index (κ1) is 19.6. The van der Waals surface area contributed by atoms with Crippen LogP contribution in [0.5, 0.6) is 0 Å². The first-order valence-electron chi connectivity index (χ1n) is 9.40. The molecule has 0 unspecified atom stereocenters. The van der Waals surface area contributed by atoms with Crippen LogP contribution in [-0.2, 0) is 16.1 Å². The van der Waals surface area contributed by atoms with Gasteiger partial charge in [-0.15, -0.1) is 6.42 Å². The molecule has 6 heteroatoms. The zero-order chi connectivity index (χ0) is 21.4. The Hall–Kier alpha value is -3.69. The third-order valence-corrected chi connectivity index (χ3v) is 5.23. The summed E-state index contributed by atoms with van der Waals surface area (Å²) in [5, 5.41) is 3.62. The summed E-state index contributed by atoms with van der Waals surface area (Å²) in [6.07, 6.45) is 8.94. The van der Waals surface area contributed by atoms with E-state index in [4.69, 9.17) is 18.6 Å². The number of thiocarbonyl (C=S) groups is 1. The number of fused-ring (bicyclic) bond motifs is 1. The van der Waals surface area contributed by atoms with E-state index in [2.05, 4.69) is 11.2 Å².